The van der Waals surface area contributed by atoms with Gasteiger partial charge in [0.15, 0.2) is 0 Å². The average molecular weight is 330 g/mol. The summed E-state index contributed by atoms with van der Waals surface area (Å²) >= 11 is 3.31. The van der Waals surface area contributed by atoms with Crippen molar-refractivity contribution in [1.82, 2.24) is 5.32 Å². The predicted octanol–water partition coefficient (Wildman–Crippen LogP) is 2.44. The minimum atomic E-state index is -0.818. The number of carboxylic acids is 1. The number of rotatable bonds is 7. The van der Waals surface area contributed by atoms with Gasteiger partial charge >= 0.3 is 5.97 Å². The number of ether oxygens (including phenoxy) is 1. The lowest BCUT2D eigenvalue weighted by molar-refractivity contribution is -0.137. The van der Waals surface area contributed by atoms with E-state index in [-0.39, 0.29) is 12.3 Å². The van der Waals surface area contributed by atoms with E-state index < -0.39 is 5.97 Å². The Bertz CT molecular complexity index is 462. The molecule has 0 fully saturated rings. The highest BCUT2D eigenvalue weighted by molar-refractivity contribution is 9.10. The number of hydrogen-bond acceptors (Lipinski definition) is 3. The molecule has 0 radical (unpaired) electrons. The van der Waals surface area contributed by atoms with Crippen molar-refractivity contribution in [3.63, 3.8) is 0 Å². The molecule has 0 aliphatic carbocycles. The molecule has 0 bridgehead atoms. The summed E-state index contributed by atoms with van der Waals surface area (Å²) in [5.74, 6) is -0.415. The number of nitrogens with one attached hydrogen (secondary N) is 1. The molecule has 0 atom stereocenters. The summed E-state index contributed by atoms with van der Waals surface area (Å²) in [5.41, 5.74) is 0.498. The second-order valence-electron chi connectivity index (χ2n) is 3.95. The van der Waals surface area contributed by atoms with Gasteiger partial charge in [-0.25, -0.2) is 0 Å². The van der Waals surface area contributed by atoms with Crippen LogP contribution in [0, 0.1) is 0 Å². The lowest BCUT2D eigenvalue weighted by Crippen LogP contribution is -2.24. The van der Waals surface area contributed by atoms with Gasteiger partial charge in [0.25, 0.3) is 5.91 Å². The fourth-order valence-electron chi connectivity index (χ4n) is 1.50. The molecule has 1 aromatic rings. The van der Waals surface area contributed by atoms with Gasteiger partial charge in [0.1, 0.15) is 5.75 Å². The third-order valence-corrected chi connectivity index (χ3v) is 3.21. The normalized spacial score (nSPS) is 10.0. The van der Waals surface area contributed by atoms with Crippen molar-refractivity contribution in [2.75, 3.05) is 13.7 Å². The van der Waals surface area contributed by atoms with Gasteiger partial charge in [0.2, 0.25) is 0 Å². The van der Waals surface area contributed by atoms with Gasteiger partial charge < -0.3 is 15.2 Å². The molecule has 0 unspecified atom stereocenters. The summed E-state index contributed by atoms with van der Waals surface area (Å²) in [6, 6.07) is 5.16. The second kappa shape index (κ2) is 7.78. The highest BCUT2D eigenvalue weighted by Crippen LogP contribution is 2.22. The van der Waals surface area contributed by atoms with Crippen LogP contribution in [0.1, 0.15) is 29.6 Å². The lowest BCUT2D eigenvalue weighted by atomic mass is 10.2. The Balaban J connectivity index is 2.47. The van der Waals surface area contributed by atoms with Crippen LogP contribution in [0.25, 0.3) is 0 Å². The quantitative estimate of drug-likeness (QED) is 0.753. The van der Waals surface area contributed by atoms with E-state index in [9.17, 15) is 9.59 Å². The molecule has 0 heterocycles. The molecule has 1 rings (SSSR count). The van der Waals surface area contributed by atoms with E-state index in [1.165, 1.54) is 7.11 Å². The molecule has 0 saturated heterocycles. The molecule has 19 heavy (non-hydrogen) atoms. The molecular weight excluding hydrogens is 314 g/mol. The van der Waals surface area contributed by atoms with Crippen LogP contribution in [0.3, 0.4) is 0 Å². The largest absolute Gasteiger partial charge is 0.497 e. The maximum Gasteiger partial charge on any atom is 0.303 e. The highest BCUT2D eigenvalue weighted by atomic mass is 79.9. The third-order valence-electron chi connectivity index (χ3n) is 2.52. The van der Waals surface area contributed by atoms with Crippen LogP contribution in [0.5, 0.6) is 5.75 Å². The van der Waals surface area contributed by atoms with Gasteiger partial charge in [-0.1, -0.05) is 0 Å². The van der Waals surface area contributed by atoms with Gasteiger partial charge in [-0.3, -0.25) is 9.59 Å². The van der Waals surface area contributed by atoms with Crippen LogP contribution in [0.4, 0.5) is 0 Å². The molecule has 6 heteroatoms. The number of carboxylic acid groups (broad SMARTS) is 1. The summed E-state index contributed by atoms with van der Waals surface area (Å²) in [6.45, 7) is 0.454. The number of methoxy groups -OCH3 is 1. The van der Waals surface area contributed by atoms with Crippen LogP contribution in [0.15, 0.2) is 22.7 Å². The number of amides is 1. The minimum Gasteiger partial charge on any atom is -0.497 e. The first-order valence-corrected chi connectivity index (χ1v) is 6.67. The standard InChI is InChI=1S/C13H16BrNO4/c1-19-9-5-6-11(14)10(8-9)13(18)15-7-3-2-4-12(16)17/h5-6,8H,2-4,7H2,1H3,(H,15,18)(H,16,17). The van der Waals surface area contributed by atoms with E-state index in [0.717, 1.165) is 0 Å². The van der Waals surface area contributed by atoms with Gasteiger partial charge in [-0.2, -0.15) is 0 Å². The van der Waals surface area contributed by atoms with Crippen molar-refractivity contribution in [2.45, 2.75) is 19.3 Å². The first-order chi connectivity index (χ1) is 9.04. The minimum absolute atomic E-state index is 0.124. The fourth-order valence-corrected chi connectivity index (χ4v) is 1.93. The first kappa shape index (κ1) is 15.5. The molecule has 0 saturated carbocycles. The fraction of sp³-hybridized carbons (Fsp3) is 0.385. The van der Waals surface area contributed by atoms with E-state index in [2.05, 4.69) is 21.2 Å². The lowest BCUT2D eigenvalue weighted by Gasteiger charge is -2.08. The third kappa shape index (κ3) is 5.30. The Morgan fingerprint density at radius 3 is 2.74 bits per heavy atom. The number of benzene rings is 1. The molecule has 0 spiro atoms. The monoisotopic (exact) mass is 329 g/mol. The Hall–Kier alpha value is -1.56. The summed E-state index contributed by atoms with van der Waals surface area (Å²) < 4.78 is 5.75. The zero-order chi connectivity index (χ0) is 14.3. The maximum atomic E-state index is 11.9. The topological polar surface area (TPSA) is 75.6 Å². The molecule has 0 aliphatic rings. The SMILES string of the molecule is COc1ccc(Br)c(C(=O)NCCCCC(=O)O)c1. The molecule has 1 aromatic carbocycles. The molecule has 0 aromatic heterocycles. The smallest absolute Gasteiger partial charge is 0.303 e. The van der Waals surface area contributed by atoms with Gasteiger partial charge in [-0.05, 0) is 47.0 Å². The summed E-state index contributed by atoms with van der Waals surface area (Å²) in [7, 11) is 1.54. The van der Waals surface area contributed by atoms with Crippen molar-refractivity contribution >= 4 is 27.8 Å². The maximum absolute atomic E-state index is 11.9. The van der Waals surface area contributed by atoms with Crippen LogP contribution < -0.4 is 10.1 Å². The van der Waals surface area contributed by atoms with Gasteiger partial charge in [-0.15, -0.1) is 0 Å². The zero-order valence-corrected chi connectivity index (χ0v) is 12.2. The molecule has 5 nitrogen and oxygen atoms in total. The van der Waals surface area contributed by atoms with Crippen molar-refractivity contribution < 1.29 is 19.4 Å². The van der Waals surface area contributed by atoms with E-state index in [4.69, 9.17) is 9.84 Å². The Labute approximate surface area is 120 Å². The van der Waals surface area contributed by atoms with Crippen LogP contribution in [-0.4, -0.2) is 30.6 Å². The van der Waals surface area contributed by atoms with Crippen molar-refractivity contribution in [3.05, 3.63) is 28.2 Å². The molecule has 2 N–H and O–H groups in total. The van der Waals surface area contributed by atoms with Gasteiger partial charge in [0.05, 0.1) is 12.7 Å². The summed E-state index contributed by atoms with van der Waals surface area (Å²) in [6.07, 6.45) is 1.31. The average Bonchev–Trinajstić information content (AvgIpc) is 2.38. The number of carbonyl (C=O) groups is 2. The number of aliphatic carboxylic acids is 1. The van der Waals surface area contributed by atoms with Gasteiger partial charge in [0, 0.05) is 17.4 Å². The highest BCUT2D eigenvalue weighted by Gasteiger charge is 2.10. The van der Waals surface area contributed by atoms with Crippen molar-refractivity contribution in [1.29, 1.82) is 0 Å². The Morgan fingerprint density at radius 1 is 1.37 bits per heavy atom. The number of halogens is 1. The second-order valence-corrected chi connectivity index (χ2v) is 4.81. The summed E-state index contributed by atoms with van der Waals surface area (Å²) in [5, 5.41) is 11.2. The number of hydrogen-bond donors (Lipinski definition) is 2. The molecule has 0 aliphatic heterocycles. The van der Waals surface area contributed by atoms with E-state index in [1.807, 2.05) is 0 Å². The molecule has 1 amide bonds. The van der Waals surface area contributed by atoms with E-state index in [0.29, 0.717) is 35.2 Å². The Kier molecular flexibility index (Phi) is 6.35. The zero-order valence-electron chi connectivity index (χ0n) is 10.6. The summed E-state index contributed by atoms with van der Waals surface area (Å²) in [4.78, 5) is 22.2. The first-order valence-electron chi connectivity index (χ1n) is 5.88. The van der Waals surface area contributed by atoms with Crippen molar-refractivity contribution in [3.8, 4) is 5.75 Å². The molecular formula is C13H16BrNO4. The molecule has 104 valence electrons. The predicted molar refractivity (Wildman–Crippen MR) is 74.5 cm³/mol. The van der Waals surface area contributed by atoms with Crippen molar-refractivity contribution in [2.24, 2.45) is 0 Å². The van der Waals surface area contributed by atoms with Crippen LogP contribution in [0.2, 0.25) is 0 Å². The Morgan fingerprint density at radius 2 is 2.11 bits per heavy atom. The van der Waals surface area contributed by atoms with Crippen LogP contribution in [-0.2, 0) is 4.79 Å². The van der Waals surface area contributed by atoms with E-state index >= 15 is 0 Å². The van der Waals surface area contributed by atoms with Crippen LogP contribution >= 0.6 is 15.9 Å². The number of unbranched alkanes of at least 4 members (excludes halogenated alkanes) is 1. The van der Waals surface area contributed by atoms with E-state index in [1.54, 1.807) is 18.2 Å². The number of carbonyl (C=O) groups excluding carboxylic acids is 1.